The number of aryl methyl sites for hydroxylation is 2. The van der Waals surface area contributed by atoms with Crippen molar-refractivity contribution in [3.8, 4) is 0 Å². The Bertz CT molecular complexity index is 1030. The highest BCUT2D eigenvalue weighted by atomic mass is 35.5. The van der Waals surface area contributed by atoms with Crippen molar-refractivity contribution >= 4 is 28.6 Å². The quantitative estimate of drug-likeness (QED) is 0.697. The fourth-order valence-electron chi connectivity index (χ4n) is 3.57. The summed E-state index contributed by atoms with van der Waals surface area (Å²) in [5.74, 6) is -1.37. The molecule has 0 aliphatic heterocycles. The number of hydrogen-bond acceptors (Lipinski definition) is 4. The second-order valence-electron chi connectivity index (χ2n) is 7.33. The summed E-state index contributed by atoms with van der Waals surface area (Å²) in [4.78, 5) is 12.1. The van der Waals surface area contributed by atoms with Gasteiger partial charge in [0.25, 0.3) is 0 Å². The molecule has 1 aromatic heterocycles. The van der Waals surface area contributed by atoms with Crippen LogP contribution in [0.2, 0.25) is 5.02 Å². The smallest absolute Gasteiger partial charge is 0.310 e. The summed E-state index contributed by atoms with van der Waals surface area (Å²) < 4.78 is 1.69. The van der Waals surface area contributed by atoms with Gasteiger partial charge in [-0.3, -0.25) is 4.79 Å². The molecule has 2 aromatic carbocycles. The molecule has 27 heavy (non-hydrogen) atoms. The number of halogens is 1. The van der Waals surface area contributed by atoms with Crippen molar-refractivity contribution in [2.24, 2.45) is 12.5 Å². The number of carboxylic acid groups (broad SMARTS) is 1. The summed E-state index contributed by atoms with van der Waals surface area (Å²) in [5.41, 5.74) is 3.64. The highest BCUT2D eigenvalue weighted by molar-refractivity contribution is 6.31. The number of fused-ring (bicyclic) bond motifs is 1. The lowest BCUT2D eigenvalue weighted by atomic mass is 9.70. The van der Waals surface area contributed by atoms with Crippen LogP contribution in [0.25, 0.3) is 11.0 Å². The molecule has 0 saturated carbocycles. The Morgan fingerprint density at radius 3 is 2.63 bits per heavy atom. The number of nitrogens with zero attached hydrogens (tertiary/aromatic N) is 3. The predicted molar refractivity (Wildman–Crippen MR) is 104 cm³/mol. The summed E-state index contributed by atoms with van der Waals surface area (Å²) >= 11 is 6.14. The number of carboxylic acids is 1. The van der Waals surface area contributed by atoms with Gasteiger partial charge in [0.1, 0.15) is 5.52 Å². The molecule has 0 fully saturated rings. The number of rotatable bonds is 5. The van der Waals surface area contributed by atoms with Gasteiger partial charge >= 0.3 is 5.97 Å². The van der Waals surface area contributed by atoms with E-state index in [0.29, 0.717) is 10.6 Å². The molecule has 1 heterocycles. The minimum Gasteiger partial charge on any atom is -0.481 e. The van der Waals surface area contributed by atoms with E-state index in [1.165, 1.54) is 0 Å². The Morgan fingerprint density at radius 1 is 1.30 bits per heavy atom. The first-order valence-electron chi connectivity index (χ1n) is 8.60. The molecule has 0 spiro atoms. The number of aliphatic hydroxyl groups excluding tert-OH is 1. The van der Waals surface area contributed by atoms with Crippen molar-refractivity contribution in [3.05, 3.63) is 57.6 Å². The molecule has 142 valence electrons. The van der Waals surface area contributed by atoms with Crippen LogP contribution in [0.15, 0.2) is 30.3 Å². The van der Waals surface area contributed by atoms with Crippen LogP contribution in [-0.2, 0) is 18.4 Å². The average molecular weight is 388 g/mol. The van der Waals surface area contributed by atoms with Crippen LogP contribution in [0.5, 0.6) is 0 Å². The molecule has 0 radical (unpaired) electrons. The van der Waals surface area contributed by atoms with Gasteiger partial charge in [0.05, 0.1) is 17.5 Å². The predicted octanol–water partition coefficient (Wildman–Crippen LogP) is 3.67. The van der Waals surface area contributed by atoms with E-state index in [1.807, 2.05) is 32.2 Å². The van der Waals surface area contributed by atoms with Crippen LogP contribution in [-0.4, -0.2) is 31.2 Å². The second kappa shape index (κ2) is 6.94. The van der Waals surface area contributed by atoms with Gasteiger partial charge in [-0.05, 0) is 55.2 Å². The molecule has 3 rings (SSSR count). The number of hydrogen-bond donors (Lipinski definition) is 2. The number of aliphatic carboxylic acids is 1. The van der Waals surface area contributed by atoms with Crippen LogP contribution >= 0.6 is 11.6 Å². The lowest BCUT2D eigenvalue weighted by molar-refractivity contribution is -0.147. The molecule has 0 aliphatic carbocycles. The number of aliphatic hydroxyl groups is 1. The van der Waals surface area contributed by atoms with Crippen LogP contribution < -0.4 is 0 Å². The lowest BCUT2D eigenvalue weighted by Gasteiger charge is -2.33. The zero-order valence-electron chi connectivity index (χ0n) is 15.7. The zero-order chi connectivity index (χ0) is 19.9. The van der Waals surface area contributed by atoms with Crippen molar-refractivity contribution in [2.45, 2.75) is 33.3 Å². The van der Waals surface area contributed by atoms with Gasteiger partial charge in [0.15, 0.2) is 0 Å². The first-order chi connectivity index (χ1) is 12.7. The molecule has 7 heteroatoms. The third kappa shape index (κ3) is 3.19. The Balaban J connectivity index is 2.29. The Morgan fingerprint density at radius 2 is 2.00 bits per heavy atom. The molecule has 1 atom stereocenters. The molecule has 0 saturated heterocycles. The summed E-state index contributed by atoms with van der Waals surface area (Å²) in [6.45, 7) is 5.12. The summed E-state index contributed by atoms with van der Waals surface area (Å²) in [6, 6.07) is 9.13. The SMILES string of the molecule is Cc1c(C(c2ccc(Cl)c(CO)c2)C(C)(C)C(=O)O)ccc2c1nnn2C. The Hall–Kier alpha value is -2.44. The monoisotopic (exact) mass is 387 g/mol. The maximum Gasteiger partial charge on any atom is 0.310 e. The standard InChI is InChI=1S/C20H22ClN3O3/c1-11-14(6-8-16-18(11)22-23-24(16)4)17(20(2,3)19(26)27)12-5-7-15(21)13(9-12)10-25/h5-9,17,25H,10H2,1-4H3,(H,26,27). The molecule has 0 bridgehead atoms. The minimum absolute atomic E-state index is 0.213. The minimum atomic E-state index is -1.10. The summed E-state index contributed by atoms with van der Waals surface area (Å²) in [6.07, 6.45) is 0. The number of benzene rings is 2. The van der Waals surface area contributed by atoms with Crippen molar-refractivity contribution in [1.82, 2.24) is 15.0 Å². The molecule has 0 amide bonds. The number of aromatic nitrogens is 3. The molecular weight excluding hydrogens is 366 g/mol. The van der Waals surface area contributed by atoms with Crippen LogP contribution in [0.1, 0.15) is 42.0 Å². The van der Waals surface area contributed by atoms with Crippen molar-refractivity contribution in [1.29, 1.82) is 0 Å². The Labute approximate surface area is 162 Å². The van der Waals surface area contributed by atoms with E-state index in [1.54, 1.807) is 30.7 Å². The first kappa shape index (κ1) is 19.3. The largest absolute Gasteiger partial charge is 0.481 e. The maximum atomic E-state index is 12.1. The molecule has 2 N–H and O–H groups in total. The summed E-state index contributed by atoms with van der Waals surface area (Å²) in [7, 11) is 1.82. The lowest BCUT2D eigenvalue weighted by Crippen LogP contribution is -2.32. The fraction of sp³-hybridized carbons (Fsp3) is 0.350. The second-order valence-corrected chi connectivity index (χ2v) is 7.74. The van der Waals surface area contributed by atoms with E-state index >= 15 is 0 Å². The van der Waals surface area contributed by atoms with E-state index in [-0.39, 0.29) is 6.61 Å². The highest BCUT2D eigenvalue weighted by Gasteiger charge is 2.40. The molecular formula is C20H22ClN3O3. The average Bonchev–Trinajstić information content (AvgIpc) is 3.00. The topological polar surface area (TPSA) is 88.2 Å². The van der Waals surface area contributed by atoms with Crippen molar-refractivity contribution in [3.63, 3.8) is 0 Å². The van der Waals surface area contributed by atoms with Gasteiger partial charge in [-0.15, -0.1) is 5.10 Å². The van der Waals surface area contributed by atoms with Gasteiger partial charge in [0, 0.05) is 18.0 Å². The van der Waals surface area contributed by atoms with E-state index in [0.717, 1.165) is 27.7 Å². The molecule has 0 aliphatic rings. The summed E-state index contributed by atoms with van der Waals surface area (Å²) in [5, 5.41) is 28.3. The van der Waals surface area contributed by atoms with Gasteiger partial charge in [-0.1, -0.05) is 35.0 Å². The fourth-order valence-corrected chi connectivity index (χ4v) is 3.74. The third-order valence-electron chi connectivity index (χ3n) is 5.24. The van der Waals surface area contributed by atoms with Crippen molar-refractivity contribution < 1.29 is 15.0 Å². The number of carbonyl (C=O) groups is 1. The van der Waals surface area contributed by atoms with Crippen LogP contribution in [0.3, 0.4) is 0 Å². The van der Waals surface area contributed by atoms with E-state index in [2.05, 4.69) is 10.3 Å². The van der Waals surface area contributed by atoms with Gasteiger partial charge < -0.3 is 10.2 Å². The van der Waals surface area contributed by atoms with Gasteiger partial charge in [-0.25, -0.2) is 4.68 Å². The maximum absolute atomic E-state index is 12.1. The van der Waals surface area contributed by atoms with Gasteiger partial charge in [0.2, 0.25) is 0 Å². The van der Waals surface area contributed by atoms with Crippen LogP contribution in [0, 0.1) is 12.3 Å². The molecule has 1 unspecified atom stereocenters. The van der Waals surface area contributed by atoms with E-state index in [9.17, 15) is 15.0 Å². The molecule has 6 nitrogen and oxygen atoms in total. The first-order valence-corrected chi connectivity index (χ1v) is 8.97. The highest BCUT2D eigenvalue weighted by Crippen LogP contribution is 2.44. The molecule has 3 aromatic rings. The zero-order valence-corrected chi connectivity index (χ0v) is 16.4. The third-order valence-corrected chi connectivity index (χ3v) is 5.61. The van der Waals surface area contributed by atoms with E-state index < -0.39 is 17.3 Å². The van der Waals surface area contributed by atoms with Crippen molar-refractivity contribution in [2.75, 3.05) is 0 Å². The van der Waals surface area contributed by atoms with Gasteiger partial charge in [-0.2, -0.15) is 0 Å². The Kier molecular flexibility index (Phi) is 4.97. The van der Waals surface area contributed by atoms with E-state index in [4.69, 9.17) is 11.6 Å². The van der Waals surface area contributed by atoms with Crippen LogP contribution in [0.4, 0.5) is 0 Å². The normalized spacial score (nSPS) is 13.1.